The Morgan fingerprint density at radius 2 is 2.65 bits per heavy atom. The van der Waals surface area contributed by atoms with Crippen LogP contribution in [0.3, 0.4) is 0 Å². The van der Waals surface area contributed by atoms with Gasteiger partial charge in [0, 0.05) is 11.9 Å². The summed E-state index contributed by atoms with van der Waals surface area (Å²) in [7, 11) is 4.86. The van der Waals surface area contributed by atoms with Gasteiger partial charge in [-0.05, 0) is 42.3 Å². The van der Waals surface area contributed by atoms with E-state index in [-0.39, 0.29) is 11.8 Å². The van der Waals surface area contributed by atoms with E-state index >= 15 is 0 Å². The summed E-state index contributed by atoms with van der Waals surface area (Å²) in [4.78, 5) is 15.8. The summed E-state index contributed by atoms with van der Waals surface area (Å²) in [6, 6.07) is 5.47. The molecule has 0 saturated heterocycles. The zero-order valence-electron chi connectivity index (χ0n) is 10.4. The van der Waals surface area contributed by atoms with Gasteiger partial charge in [-0.3, -0.25) is 4.79 Å². The second kappa shape index (κ2) is 8.16. The third kappa shape index (κ3) is 5.25. The van der Waals surface area contributed by atoms with Gasteiger partial charge in [-0.25, -0.2) is 4.98 Å². The van der Waals surface area contributed by atoms with E-state index in [1.54, 1.807) is 34.8 Å². The highest BCUT2D eigenvalue weighted by Gasteiger charge is 2.13. The number of hydrogen-bond acceptors (Lipinski definition) is 6. The minimum absolute atomic E-state index is 0.0497. The van der Waals surface area contributed by atoms with Gasteiger partial charge in [0.05, 0.1) is 6.04 Å². The summed E-state index contributed by atoms with van der Waals surface area (Å²) in [5, 5.41) is 3.88. The standard InChI is InChI=1S/C11H15N3OS2/c1-13-9(10(15)5-6-12)8-16-17-11-4-2-3-7-14-11/h2-7,9,13H,8,12H2,1H3/t9-/m0/s1/i/hT. The molecule has 4 nitrogen and oxygen atoms in total. The first-order chi connectivity index (χ1) is 8.77. The number of likely N-dealkylation sites (N-methyl/N-ethyl adjacent to an activating group) is 1. The van der Waals surface area contributed by atoms with Crippen LogP contribution in [0.15, 0.2) is 41.7 Å². The van der Waals surface area contributed by atoms with Gasteiger partial charge in [0.25, 0.3) is 0 Å². The predicted octanol–water partition coefficient (Wildman–Crippen LogP) is 1.45. The number of hydrogen-bond donors (Lipinski definition) is 2. The normalized spacial score (nSPS) is 13.4. The largest absolute Gasteiger partial charge is 0.404 e. The van der Waals surface area contributed by atoms with Crippen LogP contribution >= 0.6 is 21.6 Å². The highest BCUT2D eigenvalue weighted by atomic mass is 33.1. The van der Waals surface area contributed by atoms with Crippen LogP contribution in [0.1, 0.15) is 0 Å². The number of aromatic nitrogens is 1. The fourth-order valence-corrected chi connectivity index (χ4v) is 3.23. The minimum atomic E-state index is -0.254. The Hall–Kier alpha value is -0.980. The fourth-order valence-electron chi connectivity index (χ4n) is 1.06. The van der Waals surface area contributed by atoms with Crippen LogP contribution in [-0.4, -0.2) is 29.6 Å². The Labute approximate surface area is 110 Å². The maximum Gasteiger partial charge on any atom is 0.174 e. The number of nitrogens with two attached hydrogens (primary N) is 1. The molecule has 0 unspecified atom stereocenters. The van der Waals surface area contributed by atoms with Crippen LogP contribution < -0.4 is 11.0 Å². The Morgan fingerprint density at radius 3 is 3.29 bits per heavy atom. The smallest absolute Gasteiger partial charge is 0.174 e. The monoisotopic (exact) mass is 271 g/mol. The van der Waals surface area contributed by atoms with Gasteiger partial charge in [0.15, 0.2) is 7.20 Å². The molecule has 0 aromatic carbocycles. The summed E-state index contributed by atoms with van der Waals surface area (Å²) in [6.45, 7) is 0. The van der Waals surface area contributed by atoms with Crippen LogP contribution in [-0.2, 0) is 4.79 Å². The van der Waals surface area contributed by atoms with Crippen LogP contribution in [0.25, 0.3) is 0 Å². The van der Waals surface area contributed by atoms with Crippen LogP contribution in [0.4, 0.5) is 0 Å². The van der Waals surface area contributed by atoms with E-state index in [9.17, 15) is 4.79 Å². The molecule has 0 amide bonds. The van der Waals surface area contributed by atoms with Gasteiger partial charge in [-0.1, -0.05) is 16.9 Å². The third-order valence-electron chi connectivity index (χ3n) is 1.96. The summed E-state index contributed by atoms with van der Waals surface area (Å²) in [5.41, 5.74) is 2.06. The Bertz CT molecular complexity index is 389. The molecular weight excluding hydrogens is 254 g/mol. The minimum Gasteiger partial charge on any atom is -0.404 e. The van der Waals surface area contributed by atoms with E-state index in [0.29, 0.717) is 5.75 Å². The topological polar surface area (TPSA) is 68.0 Å². The van der Waals surface area contributed by atoms with Gasteiger partial charge in [-0.2, -0.15) is 0 Å². The third-order valence-corrected chi connectivity index (χ3v) is 4.23. The van der Waals surface area contributed by atoms with Crippen molar-refractivity contribution < 1.29 is 6.21 Å². The molecule has 1 aromatic rings. The Kier molecular flexibility index (Phi) is 5.99. The fraction of sp³-hybridized carbons (Fsp3) is 0.273. The maximum atomic E-state index is 11.7. The van der Waals surface area contributed by atoms with Crippen molar-refractivity contribution in [2.45, 2.75) is 11.1 Å². The molecule has 6 heteroatoms. The number of carbonyl (C=O) groups is 1. The summed E-state index contributed by atoms with van der Waals surface area (Å²) >= 11 is 0. The molecule has 0 saturated carbocycles. The first-order valence-electron chi connectivity index (χ1n) is 5.53. The SMILES string of the molecule is [3H]NC=CC(=O)[C@H](CSSc1ccccn1)NC. The molecule has 1 aromatic heterocycles. The van der Waals surface area contributed by atoms with E-state index < -0.39 is 0 Å². The first kappa shape index (κ1) is 12.5. The second-order valence-electron chi connectivity index (χ2n) is 3.11. The molecule has 0 aliphatic rings. The van der Waals surface area contributed by atoms with Gasteiger partial charge in [0.2, 0.25) is 0 Å². The van der Waals surface area contributed by atoms with Crippen molar-refractivity contribution in [1.82, 2.24) is 10.3 Å². The van der Waals surface area contributed by atoms with Crippen LogP contribution in [0.2, 0.25) is 1.41 Å². The lowest BCUT2D eigenvalue weighted by Gasteiger charge is -2.11. The van der Waals surface area contributed by atoms with Crippen molar-refractivity contribution >= 4 is 27.4 Å². The molecule has 17 heavy (non-hydrogen) atoms. The average Bonchev–Trinajstić information content (AvgIpc) is 2.42. The number of rotatable bonds is 8. The molecule has 0 bridgehead atoms. The molecule has 1 atom stereocenters. The van der Waals surface area contributed by atoms with Crippen molar-refractivity contribution in [2.75, 3.05) is 12.8 Å². The predicted molar refractivity (Wildman–Crippen MR) is 73.7 cm³/mol. The molecule has 0 aliphatic carbocycles. The zero-order valence-corrected chi connectivity index (χ0v) is 11.1. The number of ketones is 1. The maximum absolute atomic E-state index is 11.7. The van der Waals surface area contributed by atoms with E-state index in [1.165, 1.54) is 12.3 Å². The van der Waals surface area contributed by atoms with E-state index in [0.717, 1.165) is 5.03 Å². The van der Waals surface area contributed by atoms with E-state index in [2.05, 4.69) is 16.0 Å². The lowest BCUT2D eigenvalue weighted by Crippen LogP contribution is -2.35. The van der Waals surface area contributed by atoms with Crippen molar-refractivity contribution in [1.29, 1.82) is 0 Å². The summed E-state index contributed by atoms with van der Waals surface area (Å²) < 4.78 is 6.72. The van der Waals surface area contributed by atoms with Crippen molar-refractivity contribution in [3.63, 3.8) is 0 Å². The van der Waals surface area contributed by atoms with Crippen molar-refractivity contribution in [3.05, 3.63) is 36.7 Å². The molecule has 0 fully saturated rings. The van der Waals surface area contributed by atoms with Crippen molar-refractivity contribution in [3.8, 4) is 0 Å². The Balaban J connectivity index is 2.36. The highest BCUT2D eigenvalue weighted by molar-refractivity contribution is 8.76. The van der Waals surface area contributed by atoms with Gasteiger partial charge in [-0.15, -0.1) is 0 Å². The number of pyridine rings is 1. The number of carbonyl (C=O) groups excluding carboxylic acids is 1. The Morgan fingerprint density at radius 1 is 1.76 bits per heavy atom. The molecule has 92 valence electrons. The van der Waals surface area contributed by atoms with E-state index in [1.807, 2.05) is 18.2 Å². The van der Waals surface area contributed by atoms with Gasteiger partial charge < -0.3 is 11.0 Å². The van der Waals surface area contributed by atoms with E-state index in [4.69, 9.17) is 1.41 Å². The second-order valence-corrected chi connectivity index (χ2v) is 5.47. The molecular formula is C11H15N3OS2. The highest BCUT2D eigenvalue weighted by Crippen LogP contribution is 2.29. The molecule has 3 N–H and O–H groups in total. The molecule has 0 spiro atoms. The van der Waals surface area contributed by atoms with Crippen LogP contribution in [0.5, 0.6) is 0 Å². The molecule has 1 heterocycles. The summed E-state index contributed by atoms with van der Waals surface area (Å²) in [6.07, 6.45) is 4.41. The quantitative estimate of drug-likeness (QED) is 0.551. The zero-order chi connectivity index (χ0) is 13.2. The molecule has 0 aliphatic heterocycles. The molecule has 0 radical (unpaired) electrons. The number of nitrogens with one attached hydrogen (secondary N) is 1. The van der Waals surface area contributed by atoms with Crippen molar-refractivity contribution in [2.24, 2.45) is 5.73 Å². The lowest BCUT2D eigenvalue weighted by molar-refractivity contribution is -0.115. The lowest BCUT2D eigenvalue weighted by atomic mass is 10.2. The number of nitrogens with zero attached hydrogens (tertiary/aromatic N) is 1. The first-order valence-corrected chi connectivity index (χ1v) is 7.35. The van der Waals surface area contributed by atoms with Gasteiger partial charge in [0.1, 0.15) is 5.03 Å². The van der Waals surface area contributed by atoms with Gasteiger partial charge >= 0.3 is 0 Å². The average molecular weight is 271 g/mol. The van der Waals surface area contributed by atoms with Crippen LogP contribution in [0, 0.1) is 0 Å². The molecule has 1 rings (SSSR count). The summed E-state index contributed by atoms with van der Waals surface area (Å²) in [5.74, 6) is 0.588.